The Morgan fingerprint density at radius 3 is 1.64 bits per heavy atom. The summed E-state index contributed by atoms with van der Waals surface area (Å²) in [5.74, 6) is -0.992. The summed E-state index contributed by atoms with van der Waals surface area (Å²) in [4.78, 5) is 10.2. The lowest BCUT2D eigenvalue weighted by Crippen LogP contribution is -2.32. The first-order valence-corrected chi connectivity index (χ1v) is 5.30. The fourth-order valence-corrected chi connectivity index (χ4v) is 1.34. The molecule has 0 radical (unpaired) electrons. The summed E-state index contributed by atoms with van der Waals surface area (Å²) in [6.45, 7) is 0. The van der Waals surface area contributed by atoms with Crippen molar-refractivity contribution in [3.63, 3.8) is 0 Å². The SMILES string of the molecule is C[N+](C)(C)C.O=C([O-])C1CCCCC1. The van der Waals surface area contributed by atoms with E-state index in [0.29, 0.717) is 0 Å². The van der Waals surface area contributed by atoms with Crippen LogP contribution in [0.4, 0.5) is 0 Å². The van der Waals surface area contributed by atoms with E-state index < -0.39 is 5.97 Å². The van der Waals surface area contributed by atoms with Crippen molar-refractivity contribution in [2.75, 3.05) is 28.2 Å². The minimum absolute atomic E-state index is 0.140. The van der Waals surface area contributed by atoms with Gasteiger partial charge in [0.15, 0.2) is 0 Å². The summed E-state index contributed by atoms with van der Waals surface area (Å²) < 4.78 is 1.00. The molecule has 84 valence electrons. The van der Waals surface area contributed by atoms with Crippen LogP contribution in [0.1, 0.15) is 32.1 Å². The Morgan fingerprint density at radius 2 is 1.43 bits per heavy atom. The fourth-order valence-electron chi connectivity index (χ4n) is 1.34. The lowest BCUT2D eigenvalue weighted by Gasteiger charge is -2.21. The van der Waals surface area contributed by atoms with Crippen LogP contribution < -0.4 is 5.11 Å². The van der Waals surface area contributed by atoms with Crippen molar-refractivity contribution in [2.24, 2.45) is 5.92 Å². The molecule has 0 aromatic rings. The van der Waals surface area contributed by atoms with Gasteiger partial charge in [-0.3, -0.25) is 0 Å². The van der Waals surface area contributed by atoms with Gasteiger partial charge in [0.2, 0.25) is 0 Å². The molecule has 1 saturated carbocycles. The molecule has 0 unspecified atom stereocenters. The predicted octanol–water partition coefficient (Wildman–Crippen LogP) is 0.639. The molecule has 0 bridgehead atoms. The standard InChI is InChI=1S/C7H12O2.C4H12N/c8-7(9)6-4-2-1-3-5-6;1-5(2,3)4/h6H,1-5H2,(H,8,9);1-4H3/q;+1/p-1. The lowest BCUT2D eigenvalue weighted by atomic mass is 9.90. The van der Waals surface area contributed by atoms with E-state index in [1.807, 2.05) is 0 Å². The highest BCUT2D eigenvalue weighted by Gasteiger charge is 2.13. The zero-order valence-corrected chi connectivity index (χ0v) is 9.88. The largest absolute Gasteiger partial charge is 0.550 e. The van der Waals surface area contributed by atoms with E-state index in [0.717, 1.165) is 30.2 Å². The van der Waals surface area contributed by atoms with Crippen molar-refractivity contribution < 1.29 is 14.4 Å². The van der Waals surface area contributed by atoms with Gasteiger partial charge >= 0.3 is 0 Å². The summed E-state index contributed by atoms with van der Waals surface area (Å²) in [6.07, 6.45) is 5.01. The number of carboxylic acids is 1. The number of carboxylic acid groups (broad SMARTS) is 1. The van der Waals surface area contributed by atoms with Crippen LogP contribution in [0.5, 0.6) is 0 Å². The van der Waals surface area contributed by atoms with Crippen LogP contribution in [0.25, 0.3) is 0 Å². The molecule has 1 aliphatic carbocycles. The molecule has 1 aliphatic rings. The van der Waals surface area contributed by atoms with E-state index in [-0.39, 0.29) is 5.92 Å². The van der Waals surface area contributed by atoms with Crippen molar-refractivity contribution in [1.82, 2.24) is 0 Å². The highest BCUT2D eigenvalue weighted by atomic mass is 16.4. The molecule has 0 atom stereocenters. The van der Waals surface area contributed by atoms with Crippen molar-refractivity contribution in [1.29, 1.82) is 0 Å². The van der Waals surface area contributed by atoms with Crippen LogP contribution in [-0.4, -0.2) is 38.6 Å². The highest BCUT2D eigenvalue weighted by Crippen LogP contribution is 2.22. The number of rotatable bonds is 1. The summed E-state index contributed by atoms with van der Waals surface area (Å²) in [7, 11) is 8.50. The molecule has 1 rings (SSSR count). The molecule has 1 fully saturated rings. The van der Waals surface area contributed by atoms with Gasteiger partial charge in [-0.15, -0.1) is 0 Å². The van der Waals surface area contributed by atoms with Gasteiger partial charge < -0.3 is 14.4 Å². The highest BCUT2D eigenvalue weighted by molar-refractivity contribution is 5.67. The van der Waals surface area contributed by atoms with Crippen LogP contribution in [0.3, 0.4) is 0 Å². The molecular formula is C11H23NO2. The zero-order valence-electron chi connectivity index (χ0n) is 9.88. The first-order valence-electron chi connectivity index (χ1n) is 5.30. The molecule has 3 heteroatoms. The first kappa shape index (κ1) is 13.4. The van der Waals surface area contributed by atoms with Crippen LogP contribution >= 0.6 is 0 Å². The molecule has 0 aliphatic heterocycles. The van der Waals surface area contributed by atoms with E-state index in [9.17, 15) is 9.90 Å². The molecule has 0 aromatic heterocycles. The summed E-state index contributed by atoms with van der Waals surface area (Å²) in [6, 6.07) is 0. The van der Waals surface area contributed by atoms with Crippen molar-refractivity contribution in [3.8, 4) is 0 Å². The maximum Gasteiger partial charge on any atom is 0.0675 e. The average Bonchev–Trinajstić information content (AvgIpc) is 2.03. The lowest BCUT2D eigenvalue weighted by molar-refractivity contribution is -0.849. The van der Waals surface area contributed by atoms with Gasteiger partial charge in [-0.1, -0.05) is 19.3 Å². The second-order valence-electron chi connectivity index (χ2n) is 5.34. The summed E-state index contributed by atoms with van der Waals surface area (Å²) in [5, 5.41) is 10.2. The Hall–Kier alpha value is -0.570. The Labute approximate surface area is 87.3 Å². The van der Waals surface area contributed by atoms with E-state index >= 15 is 0 Å². The number of hydrogen-bond acceptors (Lipinski definition) is 2. The van der Waals surface area contributed by atoms with Gasteiger partial charge in [0, 0.05) is 5.97 Å². The topological polar surface area (TPSA) is 40.1 Å². The van der Waals surface area contributed by atoms with E-state index in [1.165, 1.54) is 6.42 Å². The Kier molecular flexibility index (Phi) is 5.77. The van der Waals surface area contributed by atoms with Gasteiger partial charge in [-0.2, -0.15) is 0 Å². The Morgan fingerprint density at radius 1 is 1.07 bits per heavy atom. The molecule has 0 aromatic carbocycles. The third kappa shape index (κ3) is 9.52. The average molecular weight is 201 g/mol. The number of carbonyl (C=O) groups is 1. The third-order valence-electron chi connectivity index (χ3n) is 1.94. The summed E-state index contributed by atoms with van der Waals surface area (Å²) >= 11 is 0. The minimum Gasteiger partial charge on any atom is -0.550 e. The molecular weight excluding hydrogens is 178 g/mol. The quantitative estimate of drug-likeness (QED) is 0.584. The van der Waals surface area contributed by atoms with Gasteiger partial charge in [0.25, 0.3) is 0 Å². The van der Waals surface area contributed by atoms with Gasteiger partial charge in [-0.05, 0) is 18.8 Å². The molecule has 14 heavy (non-hydrogen) atoms. The minimum atomic E-state index is -0.852. The number of aliphatic carboxylic acids is 1. The monoisotopic (exact) mass is 201 g/mol. The van der Waals surface area contributed by atoms with Crippen molar-refractivity contribution in [2.45, 2.75) is 32.1 Å². The van der Waals surface area contributed by atoms with Crippen molar-refractivity contribution in [3.05, 3.63) is 0 Å². The second-order valence-corrected chi connectivity index (χ2v) is 5.34. The van der Waals surface area contributed by atoms with Crippen LogP contribution in [-0.2, 0) is 4.79 Å². The van der Waals surface area contributed by atoms with Crippen LogP contribution in [0.2, 0.25) is 0 Å². The Balaban J connectivity index is 0.000000292. The first-order chi connectivity index (χ1) is 6.30. The van der Waals surface area contributed by atoms with Crippen molar-refractivity contribution >= 4 is 5.97 Å². The van der Waals surface area contributed by atoms with Crippen LogP contribution in [0, 0.1) is 5.92 Å². The zero-order chi connectivity index (χ0) is 11.2. The third-order valence-corrected chi connectivity index (χ3v) is 1.94. The van der Waals surface area contributed by atoms with E-state index in [4.69, 9.17) is 0 Å². The molecule has 0 spiro atoms. The Bertz CT molecular complexity index is 161. The number of carbonyl (C=O) groups excluding carboxylic acids is 1. The van der Waals surface area contributed by atoms with E-state index in [2.05, 4.69) is 28.2 Å². The molecule has 0 amide bonds. The van der Waals surface area contributed by atoms with Crippen LogP contribution in [0.15, 0.2) is 0 Å². The number of nitrogens with zero attached hydrogens (tertiary/aromatic N) is 1. The fraction of sp³-hybridized carbons (Fsp3) is 0.909. The predicted molar refractivity (Wildman–Crippen MR) is 55.5 cm³/mol. The van der Waals surface area contributed by atoms with Gasteiger partial charge in [-0.25, -0.2) is 0 Å². The molecule has 0 heterocycles. The van der Waals surface area contributed by atoms with Gasteiger partial charge in [0.05, 0.1) is 28.2 Å². The second kappa shape index (κ2) is 6.02. The maximum atomic E-state index is 10.2. The smallest absolute Gasteiger partial charge is 0.0675 e. The molecule has 3 nitrogen and oxygen atoms in total. The number of hydrogen-bond donors (Lipinski definition) is 0. The number of quaternary nitrogens is 1. The van der Waals surface area contributed by atoms with E-state index in [1.54, 1.807) is 0 Å². The molecule has 0 N–H and O–H groups in total. The molecule has 0 saturated heterocycles. The summed E-state index contributed by atoms with van der Waals surface area (Å²) in [5.41, 5.74) is 0. The maximum absolute atomic E-state index is 10.2. The van der Waals surface area contributed by atoms with Gasteiger partial charge in [0.1, 0.15) is 0 Å². The normalized spacial score (nSPS) is 18.3.